The first-order valence-electron chi connectivity index (χ1n) is 7.39. The predicted octanol–water partition coefficient (Wildman–Crippen LogP) is 3.88. The summed E-state index contributed by atoms with van der Waals surface area (Å²) in [5.41, 5.74) is 0. The van der Waals surface area contributed by atoms with E-state index in [-0.39, 0.29) is 0 Å². The highest BCUT2D eigenvalue weighted by Gasteiger charge is 2.24. The lowest BCUT2D eigenvalue weighted by Gasteiger charge is -2.30. The molecule has 0 aromatic heterocycles. The van der Waals surface area contributed by atoms with E-state index in [9.17, 15) is 0 Å². The van der Waals surface area contributed by atoms with E-state index in [0.717, 1.165) is 19.1 Å². The number of allylic oxidation sites excluding steroid dienone is 1. The first kappa shape index (κ1) is 14.6. The minimum Gasteiger partial charge on any atom is -0.497 e. The van der Waals surface area contributed by atoms with Gasteiger partial charge in [-0.1, -0.05) is 40.0 Å². The molecule has 1 heterocycles. The molecule has 17 heavy (non-hydrogen) atoms. The predicted molar refractivity (Wildman–Crippen MR) is 74.0 cm³/mol. The average molecular weight is 239 g/mol. The summed E-state index contributed by atoms with van der Waals surface area (Å²) in [7, 11) is 0. The van der Waals surface area contributed by atoms with Crippen LogP contribution in [0.4, 0.5) is 0 Å². The van der Waals surface area contributed by atoms with Crippen molar-refractivity contribution in [3.63, 3.8) is 0 Å². The molecule has 0 bridgehead atoms. The van der Waals surface area contributed by atoms with Gasteiger partial charge in [-0.15, -0.1) is 0 Å². The van der Waals surface area contributed by atoms with Crippen LogP contribution in [0.15, 0.2) is 11.8 Å². The first-order valence-corrected chi connectivity index (χ1v) is 7.39. The highest BCUT2D eigenvalue weighted by molar-refractivity contribution is 5.07. The molecule has 0 amide bonds. The van der Waals surface area contributed by atoms with Gasteiger partial charge in [-0.3, -0.25) is 0 Å². The highest BCUT2D eigenvalue weighted by Crippen LogP contribution is 2.25. The van der Waals surface area contributed by atoms with E-state index in [2.05, 4.69) is 32.2 Å². The molecule has 0 aromatic rings. The molecule has 100 valence electrons. The maximum atomic E-state index is 5.85. The molecule has 0 aliphatic carbocycles. The van der Waals surface area contributed by atoms with E-state index < -0.39 is 0 Å². The third-order valence-corrected chi connectivity index (χ3v) is 3.62. The Hall–Kier alpha value is -0.500. The van der Waals surface area contributed by atoms with E-state index in [1.54, 1.807) is 0 Å². The number of hydrogen-bond donors (Lipinski definition) is 1. The van der Waals surface area contributed by atoms with Gasteiger partial charge in [-0.2, -0.15) is 0 Å². The Morgan fingerprint density at radius 3 is 2.71 bits per heavy atom. The fourth-order valence-corrected chi connectivity index (χ4v) is 2.59. The van der Waals surface area contributed by atoms with Gasteiger partial charge in [0.15, 0.2) is 0 Å². The van der Waals surface area contributed by atoms with Crippen LogP contribution < -0.4 is 5.32 Å². The lowest BCUT2D eigenvalue weighted by atomic mass is 9.89. The first-order chi connectivity index (χ1) is 8.33. The fraction of sp³-hybridized carbons (Fsp3) is 0.867. The molecule has 0 saturated heterocycles. The van der Waals surface area contributed by atoms with Crippen LogP contribution in [-0.4, -0.2) is 19.2 Å². The molecule has 0 saturated carbocycles. The molecule has 1 aliphatic heterocycles. The smallest absolute Gasteiger partial charge is 0.109 e. The summed E-state index contributed by atoms with van der Waals surface area (Å²) < 4.78 is 5.85. The number of hydrogen-bond acceptors (Lipinski definition) is 2. The molecule has 1 N–H and O–H groups in total. The molecule has 2 unspecified atom stereocenters. The maximum absolute atomic E-state index is 5.85. The van der Waals surface area contributed by atoms with Gasteiger partial charge in [0.25, 0.3) is 0 Å². The Bertz CT molecular complexity index is 225. The van der Waals surface area contributed by atoms with Crippen LogP contribution in [0.1, 0.15) is 59.3 Å². The topological polar surface area (TPSA) is 21.3 Å². The van der Waals surface area contributed by atoms with Crippen molar-refractivity contribution in [1.29, 1.82) is 0 Å². The lowest BCUT2D eigenvalue weighted by Crippen LogP contribution is -2.39. The summed E-state index contributed by atoms with van der Waals surface area (Å²) in [5, 5.41) is 3.62. The van der Waals surface area contributed by atoms with Crippen molar-refractivity contribution in [2.45, 2.75) is 65.3 Å². The molecule has 2 atom stereocenters. The van der Waals surface area contributed by atoms with Crippen molar-refractivity contribution >= 4 is 0 Å². The third-order valence-electron chi connectivity index (χ3n) is 3.62. The lowest BCUT2D eigenvalue weighted by molar-refractivity contribution is 0.146. The molecule has 1 rings (SSSR count). The Labute approximate surface area is 107 Å². The van der Waals surface area contributed by atoms with E-state index >= 15 is 0 Å². The molecule has 2 heteroatoms. The Balaban J connectivity index is 2.63. The zero-order chi connectivity index (χ0) is 12.5. The zero-order valence-corrected chi connectivity index (χ0v) is 11.8. The highest BCUT2D eigenvalue weighted by atomic mass is 16.5. The second-order valence-electron chi connectivity index (χ2n) is 4.94. The Morgan fingerprint density at radius 1 is 1.35 bits per heavy atom. The third kappa shape index (κ3) is 4.71. The molecule has 0 aromatic carbocycles. The maximum Gasteiger partial charge on any atom is 0.109 e. The minimum absolute atomic E-state index is 0.442. The molecular formula is C15H29NO. The van der Waals surface area contributed by atoms with Crippen LogP contribution in [0.25, 0.3) is 0 Å². The van der Waals surface area contributed by atoms with Gasteiger partial charge in [0.2, 0.25) is 0 Å². The number of rotatable bonds is 8. The van der Waals surface area contributed by atoms with Crippen LogP contribution in [0.2, 0.25) is 0 Å². The van der Waals surface area contributed by atoms with Gasteiger partial charge in [0.05, 0.1) is 12.6 Å². The SMILES string of the molecule is CCCCC(CC)C(NCC)C1=CCCCO1. The molecule has 0 radical (unpaired) electrons. The van der Waals surface area contributed by atoms with Crippen LogP contribution in [0.3, 0.4) is 0 Å². The summed E-state index contributed by atoms with van der Waals surface area (Å²) in [6.07, 6.45) is 9.81. The van der Waals surface area contributed by atoms with Crippen molar-refractivity contribution < 1.29 is 4.74 Å². The summed E-state index contributed by atoms with van der Waals surface area (Å²) in [4.78, 5) is 0. The van der Waals surface area contributed by atoms with Gasteiger partial charge in [-0.25, -0.2) is 0 Å². The minimum atomic E-state index is 0.442. The van der Waals surface area contributed by atoms with E-state index in [0.29, 0.717) is 6.04 Å². The largest absolute Gasteiger partial charge is 0.497 e. The van der Waals surface area contributed by atoms with E-state index in [1.807, 2.05) is 0 Å². The van der Waals surface area contributed by atoms with E-state index in [4.69, 9.17) is 4.74 Å². The summed E-state index contributed by atoms with van der Waals surface area (Å²) in [6.45, 7) is 8.67. The quantitative estimate of drug-likeness (QED) is 0.694. The monoisotopic (exact) mass is 239 g/mol. The van der Waals surface area contributed by atoms with Gasteiger partial charge in [-0.05, 0) is 37.8 Å². The van der Waals surface area contributed by atoms with Gasteiger partial charge in [0.1, 0.15) is 5.76 Å². The van der Waals surface area contributed by atoms with Crippen LogP contribution in [0, 0.1) is 5.92 Å². The normalized spacial score (nSPS) is 19.4. The summed E-state index contributed by atoms with van der Waals surface area (Å²) in [6, 6.07) is 0.442. The van der Waals surface area contributed by atoms with Crippen molar-refractivity contribution in [2.24, 2.45) is 5.92 Å². The molecule has 1 aliphatic rings. The number of likely N-dealkylation sites (N-methyl/N-ethyl adjacent to an activating group) is 1. The summed E-state index contributed by atoms with van der Waals surface area (Å²) in [5.74, 6) is 1.93. The van der Waals surface area contributed by atoms with Gasteiger partial charge < -0.3 is 10.1 Å². The molecule has 0 spiro atoms. The molecular weight excluding hydrogens is 210 g/mol. The Morgan fingerprint density at radius 2 is 2.18 bits per heavy atom. The number of unbranched alkanes of at least 4 members (excludes halogenated alkanes) is 1. The van der Waals surface area contributed by atoms with Crippen molar-refractivity contribution in [1.82, 2.24) is 5.32 Å². The molecule has 2 nitrogen and oxygen atoms in total. The van der Waals surface area contributed by atoms with Crippen molar-refractivity contribution in [3.8, 4) is 0 Å². The van der Waals surface area contributed by atoms with Crippen molar-refractivity contribution in [2.75, 3.05) is 13.2 Å². The van der Waals surface area contributed by atoms with Gasteiger partial charge in [0, 0.05) is 0 Å². The number of nitrogens with one attached hydrogen (secondary N) is 1. The summed E-state index contributed by atoms with van der Waals surface area (Å²) >= 11 is 0. The average Bonchev–Trinajstić information content (AvgIpc) is 2.39. The standard InChI is InChI=1S/C15H29NO/c1-4-7-10-13(5-2)15(16-6-3)14-11-8-9-12-17-14/h11,13,15-16H,4-10,12H2,1-3H3. The van der Waals surface area contributed by atoms with E-state index in [1.165, 1.54) is 44.3 Å². The second-order valence-corrected chi connectivity index (χ2v) is 4.94. The van der Waals surface area contributed by atoms with Crippen molar-refractivity contribution in [3.05, 3.63) is 11.8 Å². The molecule has 0 fully saturated rings. The zero-order valence-electron chi connectivity index (χ0n) is 11.8. The van der Waals surface area contributed by atoms with Crippen LogP contribution in [-0.2, 0) is 4.74 Å². The fourth-order valence-electron chi connectivity index (χ4n) is 2.59. The van der Waals surface area contributed by atoms with Crippen LogP contribution >= 0.6 is 0 Å². The number of ether oxygens (including phenoxy) is 1. The van der Waals surface area contributed by atoms with Gasteiger partial charge >= 0.3 is 0 Å². The van der Waals surface area contributed by atoms with Crippen LogP contribution in [0.5, 0.6) is 0 Å². The second kappa shape index (κ2) is 8.57. The Kier molecular flexibility index (Phi) is 7.34.